The molecule has 1 N–H and O–H groups in total. The van der Waals surface area contributed by atoms with Gasteiger partial charge in [-0.2, -0.15) is 0 Å². The minimum Gasteiger partial charge on any atom is -0.495 e. The number of methoxy groups -OCH3 is 1. The lowest BCUT2D eigenvalue weighted by Gasteiger charge is -2.18. The van der Waals surface area contributed by atoms with Gasteiger partial charge in [0.25, 0.3) is 0 Å². The highest BCUT2D eigenvalue weighted by Crippen LogP contribution is 2.26. The number of halogens is 1. The number of carbonyl (C=O) groups is 1. The third-order valence-corrected chi connectivity index (χ3v) is 5.17. The summed E-state index contributed by atoms with van der Waals surface area (Å²) >= 11 is 5.86. The lowest BCUT2D eigenvalue weighted by molar-refractivity contribution is -0.129. The van der Waals surface area contributed by atoms with E-state index < -0.39 is 10.0 Å². The summed E-state index contributed by atoms with van der Waals surface area (Å²) in [5, 5.41) is 0.258. The number of nitrogens with zero attached hydrogens (tertiary/aromatic N) is 1. The summed E-state index contributed by atoms with van der Waals surface area (Å²) in [4.78, 5) is 13.5. The number of benzene rings is 2. The molecule has 0 radical (unpaired) electrons. The van der Waals surface area contributed by atoms with Crippen molar-refractivity contribution in [1.82, 2.24) is 9.62 Å². The van der Waals surface area contributed by atoms with Crippen LogP contribution in [0.2, 0.25) is 5.02 Å². The van der Waals surface area contributed by atoms with E-state index >= 15 is 0 Å². The molecule has 6 nitrogen and oxygen atoms in total. The van der Waals surface area contributed by atoms with E-state index in [1.807, 2.05) is 30.3 Å². The molecule has 0 heterocycles. The third-order valence-electron chi connectivity index (χ3n) is 3.52. The fourth-order valence-electron chi connectivity index (χ4n) is 2.18. The lowest BCUT2D eigenvalue weighted by Crippen LogP contribution is -2.37. The van der Waals surface area contributed by atoms with Crippen molar-refractivity contribution < 1.29 is 17.9 Å². The summed E-state index contributed by atoms with van der Waals surface area (Å²) in [6.45, 7) is 0.0310. The van der Waals surface area contributed by atoms with Crippen molar-refractivity contribution in [2.75, 3.05) is 20.7 Å². The summed E-state index contributed by atoms with van der Waals surface area (Å²) in [5.41, 5.74) is 0.956. The van der Waals surface area contributed by atoms with Gasteiger partial charge in [-0.3, -0.25) is 4.79 Å². The maximum Gasteiger partial charge on any atom is 0.244 e. The molecule has 0 saturated heterocycles. The summed E-state index contributed by atoms with van der Waals surface area (Å²) < 4.78 is 32.2. The van der Waals surface area contributed by atoms with Gasteiger partial charge in [0.1, 0.15) is 10.6 Å². The van der Waals surface area contributed by atoms with E-state index in [0.29, 0.717) is 6.54 Å². The van der Waals surface area contributed by atoms with E-state index in [1.54, 1.807) is 7.05 Å². The number of nitrogens with one attached hydrogen (secondary N) is 1. The van der Waals surface area contributed by atoms with Crippen molar-refractivity contribution in [3.8, 4) is 5.75 Å². The van der Waals surface area contributed by atoms with Crippen LogP contribution in [0.5, 0.6) is 5.75 Å². The zero-order valence-electron chi connectivity index (χ0n) is 13.9. The van der Waals surface area contributed by atoms with Crippen LogP contribution in [-0.4, -0.2) is 39.9 Å². The molecule has 2 aromatic rings. The first-order valence-corrected chi connectivity index (χ1v) is 9.30. The monoisotopic (exact) mass is 382 g/mol. The van der Waals surface area contributed by atoms with E-state index in [2.05, 4.69) is 4.72 Å². The lowest BCUT2D eigenvalue weighted by atomic mass is 10.2. The van der Waals surface area contributed by atoms with Crippen molar-refractivity contribution in [3.63, 3.8) is 0 Å². The van der Waals surface area contributed by atoms with Gasteiger partial charge in [0.15, 0.2) is 0 Å². The molecule has 0 spiro atoms. The Hall–Kier alpha value is -2.09. The van der Waals surface area contributed by atoms with Crippen LogP contribution in [-0.2, 0) is 21.4 Å². The number of likely N-dealkylation sites (N-methyl/N-ethyl adjacent to an activating group) is 1. The van der Waals surface area contributed by atoms with Crippen LogP contribution in [0, 0.1) is 0 Å². The second-order valence-electron chi connectivity index (χ2n) is 5.36. The standard InChI is InChI=1S/C17H19ClN2O4S/c1-20(12-13-6-4-3-5-7-13)17(21)11-19-25(22,23)16-10-14(18)8-9-15(16)24-2/h3-10,19H,11-12H2,1-2H3. The Bertz CT molecular complexity index is 841. The quantitative estimate of drug-likeness (QED) is 0.797. The summed E-state index contributed by atoms with van der Waals surface area (Å²) in [6.07, 6.45) is 0. The van der Waals surface area contributed by atoms with E-state index in [9.17, 15) is 13.2 Å². The first kappa shape index (κ1) is 19.2. The predicted molar refractivity (Wildman–Crippen MR) is 96.1 cm³/mol. The zero-order chi connectivity index (χ0) is 18.4. The first-order valence-electron chi connectivity index (χ1n) is 7.44. The van der Waals surface area contributed by atoms with Crippen LogP contribution in [0.3, 0.4) is 0 Å². The van der Waals surface area contributed by atoms with Crippen LogP contribution >= 0.6 is 11.6 Å². The molecule has 2 aromatic carbocycles. The van der Waals surface area contributed by atoms with E-state index in [4.69, 9.17) is 16.3 Å². The number of rotatable bonds is 7. The minimum atomic E-state index is -3.93. The van der Waals surface area contributed by atoms with Crippen molar-refractivity contribution in [2.45, 2.75) is 11.4 Å². The molecule has 8 heteroatoms. The Balaban J connectivity index is 2.04. The molecule has 0 aromatic heterocycles. The fourth-order valence-corrected chi connectivity index (χ4v) is 3.58. The molecular weight excluding hydrogens is 364 g/mol. The molecule has 0 aliphatic heterocycles. The number of hydrogen-bond acceptors (Lipinski definition) is 4. The van der Waals surface area contributed by atoms with Crippen LogP contribution in [0.4, 0.5) is 0 Å². The first-order chi connectivity index (χ1) is 11.8. The van der Waals surface area contributed by atoms with Crippen molar-refractivity contribution in [3.05, 3.63) is 59.1 Å². The molecule has 0 aliphatic carbocycles. The number of ether oxygens (including phenoxy) is 1. The molecule has 0 bridgehead atoms. The molecule has 25 heavy (non-hydrogen) atoms. The second-order valence-corrected chi connectivity index (χ2v) is 7.53. The van der Waals surface area contributed by atoms with Gasteiger partial charge < -0.3 is 9.64 Å². The van der Waals surface area contributed by atoms with Gasteiger partial charge >= 0.3 is 0 Å². The highest BCUT2D eigenvalue weighted by molar-refractivity contribution is 7.89. The van der Waals surface area contributed by atoms with Gasteiger partial charge in [-0.25, -0.2) is 13.1 Å². The van der Waals surface area contributed by atoms with E-state index in [1.165, 1.54) is 30.2 Å². The molecule has 0 aliphatic rings. The van der Waals surface area contributed by atoms with Crippen LogP contribution < -0.4 is 9.46 Å². The van der Waals surface area contributed by atoms with Gasteiger partial charge in [0.2, 0.25) is 15.9 Å². The molecule has 0 fully saturated rings. The molecule has 2 rings (SSSR count). The Kier molecular flexibility index (Phi) is 6.41. The zero-order valence-corrected chi connectivity index (χ0v) is 15.5. The number of carbonyl (C=O) groups excluding carboxylic acids is 1. The van der Waals surface area contributed by atoms with Gasteiger partial charge in [-0.05, 0) is 23.8 Å². The predicted octanol–water partition coefficient (Wildman–Crippen LogP) is 2.29. The minimum absolute atomic E-state index is 0.110. The molecule has 0 saturated carbocycles. The number of amides is 1. The van der Waals surface area contributed by atoms with Gasteiger partial charge in [-0.1, -0.05) is 41.9 Å². The van der Waals surface area contributed by atoms with Crippen molar-refractivity contribution in [2.24, 2.45) is 0 Å². The average molecular weight is 383 g/mol. The van der Waals surface area contributed by atoms with Crippen LogP contribution in [0.25, 0.3) is 0 Å². The Morgan fingerprint density at radius 2 is 1.88 bits per heavy atom. The third kappa shape index (κ3) is 5.19. The van der Waals surface area contributed by atoms with E-state index in [-0.39, 0.29) is 28.1 Å². The second kappa shape index (κ2) is 8.33. The largest absolute Gasteiger partial charge is 0.495 e. The van der Waals surface area contributed by atoms with Crippen LogP contribution in [0.15, 0.2) is 53.4 Å². The molecule has 0 unspecified atom stereocenters. The Morgan fingerprint density at radius 3 is 2.52 bits per heavy atom. The van der Waals surface area contributed by atoms with Crippen molar-refractivity contribution >= 4 is 27.5 Å². The Morgan fingerprint density at radius 1 is 1.20 bits per heavy atom. The highest BCUT2D eigenvalue weighted by Gasteiger charge is 2.21. The van der Waals surface area contributed by atoms with E-state index in [0.717, 1.165) is 5.56 Å². The number of sulfonamides is 1. The smallest absolute Gasteiger partial charge is 0.244 e. The van der Waals surface area contributed by atoms with Gasteiger partial charge in [0.05, 0.1) is 13.7 Å². The maximum absolute atomic E-state index is 12.4. The SMILES string of the molecule is COc1ccc(Cl)cc1S(=O)(=O)NCC(=O)N(C)Cc1ccccc1. The summed E-state index contributed by atoms with van der Waals surface area (Å²) in [7, 11) is -0.957. The van der Waals surface area contributed by atoms with Gasteiger partial charge in [-0.15, -0.1) is 0 Å². The topological polar surface area (TPSA) is 75.7 Å². The summed E-state index contributed by atoms with van der Waals surface area (Å²) in [5.74, 6) is -0.199. The Labute approximate surface area is 152 Å². The maximum atomic E-state index is 12.4. The van der Waals surface area contributed by atoms with Crippen LogP contribution in [0.1, 0.15) is 5.56 Å². The average Bonchev–Trinajstić information content (AvgIpc) is 2.60. The van der Waals surface area contributed by atoms with Crippen molar-refractivity contribution in [1.29, 1.82) is 0 Å². The molecule has 1 amide bonds. The van der Waals surface area contributed by atoms with Gasteiger partial charge in [0, 0.05) is 18.6 Å². The highest BCUT2D eigenvalue weighted by atomic mass is 35.5. The molecular formula is C17H19ClN2O4S. The molecule has 0 atom stereocenters. The fraction of sp³-hybridized carbons (Fsp3) is 0.235. The summed E-state index contributed by atoms with van der Waals surface area (Å²) in [6, 6.07) is 13.7. The normalized spacial score (nSPS) is 11.2. The number of hydrogen-bond donors (Lipinski definition) is 1. The molecule has 134 valence electrons.